The van der Waals surface area contributed by atoms with E-state index in [0.29, 0.717) is 11.3 Å². The molecule has 0 fully saturated rings. The van der Waals surface area contributed by atoms with Gasteiger partial charge >= 0.3 is 0 Å². The Morgan fingerprint density at radius 2 is 1.48 bits per heavy atom. The molecular weight excluding hydrogens is 378 g/mol. The van der Waals surface area contributed by atoms with Crippen LogP contribution >= 0.6 is 15.9 Å². The Morgan fingerprint density at radius 1 is 0.920 bits per heavy atom. The summed E-state index contributed by atoms with van der Waals surface area (Å²) in [5.41, 5.74) is 2.60. The summed E-state index contributed by atoms with van der Waals surface area (Å²) in [6.07, 6.45) is 0. The van der Waals surface area contributed by atoms with Gasteiger partial charge < -0.3 is 10.1 Å². The highest BCUT2D eigenvalue weighted by Gasteiger charge is 2.19. The van der Waals surface area contributed by atoms with E-state index in [1.165, 1.54) is 0 Å². The van der Waals surface area contributed by atoms with Crippen molar-refractivity contribution in [3.63, 3.8) is 0 Å². The van der Waals surface area contributed by atoms with Crippen molar-refractivity contribution in [1.29, 1.82) is 0 Å². The van der Waals surface area contributed by atoms with Gasteiger partial charge in [0.05, 0.1) is 18.7 Å². The maximum Gasteiger partial charge on any atom is 0.253 e. The van der Waals surface area contributed by atoms with Crippen LogP contribution in [0.25, 0.3) is 0 Å². The second-order valence-electron chi connectivity index (χ2n) is 5.57. The van der Waals surface area contributed by atoms with Crippen LogP contribution in [-0.2, 0) is 0 Å². The second kappa shape index (κ2) is 7.99. The molecule has 25 heavy (non-hydrogen) atoms. The first-order valence-electron chi connectivity index (χ1n) is 7.93. The molecule has 0 unspecified atom stereocenters. The number of amides is 1. The lowest BCUT2D eigenvalue weighted by atomic mass is 9.98. The van der Waals surface area contributed by atoms with Gasteiger partial charge in [-0.2, -0.15) is 0 Å². The third kappa shape index (κ3) is 4.09. The van der Waals surface area contributed by atoms with Crippen molar-refractivity contribution < 1.29 is 9.53 Å². The van der Waals surface area contributed by atoms with E-state index in [4.69, 9.17) is 4.74 Å². The summed E-state index contributed by atoms with van der Waals surface area (Å²) in [5.74, 6) is 0.479. The van der Waals surface area contributed by atoms with Crippen LogP contribution in [0.5, 0.6) is 5.75 Å². The second-order valence-corrected chi connectivity index (χ2v) is 6.43. The van der Waals surface area contributed by atoms with E-state index in [1.54, 1.807) is 13.2 Å². The van der Waals surface area contributed by atoms with Crippen LogP contribution in [0, 0.1) is 0 Å². The molecule has 1 amide bonds. The summed E-state index contributed by atoms with van der Waals surface area (Å²) in [4.78, 5) is 12.9. The number of rotatable bonds is 5. The van der Waals surface area contributed by atoms with Crippen LogP contribution in [0.2, 0.25) is 0 Å². The number of nitrogens with one attached hydrogen (secondary N) is 1. The van der Waals surface area contributed by atoms with Crippen molar-refractivity contribution in [2.45, 2.75) is 6.04 Å². The summed E-state index contributed by atoms with van der Waals surface area (Å²) in [6, 6.07) is 25.0. The molecule has 3 aromatic carbocycles. The Balaban J connectivity index is 1.95. The Morgan fingerprint density at radius 3 is 2.00 bits per heavy atom. The highest BCUT2D eigenvalue weighted by atomic mass is 79.9. The zero-order valence-electron chi connectivity index (χ0n) is 13.8. The fourth-order valence-corrected chi connectivity index (χ4v) is 3.09. The molecule has 0 bridgehead atoms. The summed E-state index contributed by atoms with van der Waals surface area (Å²) >= 11 is 3.45. The van der Waals surface area contributed by atoms with Gasteiger partial charge in [0, 0.05) is 4.47 Å². The molecule has 0 aliphatic carbocycles. The van der Waals surface area contributed by atoms with E-state index in [9.17, 15) is 4.79 Å². The van der Waals surface area contributed by atoms with Crippen molar-refractivity contribution in [3.05, 3.63) is 100 Å². The quantitative estimate of drug-likeness (QED) is 0.661. The van der Waals surface area contributed by atoms with Gasteiger partial charge in [-0.05, 0) is 45.3 Å². The molecule has 3 rings (SSSR count). The van der Waals surface area contributed by atoms with Gasteiger partial charge in [0.1, 0.15) is 5.75 Å². The zero-order valence-corrected chi connectivity index (χ0v) is 15.4. The van der Waals surface area contributed by atoms with Crippen molar-refractivity contribution in [2.24, 2.45) is 0 Å². The molecular formula is C21H18BrNO2. The number of carbonyl (C=O) groups is 1. The van der Waals surface area contributed by atoms with Crippen LogP contribution in [0.1, 0.15) is 27.5 Å². The van der Waals surface area contributed by atoms with Crippen molar-refractivity contribution in [3.8, 4) is 5.75 Å². The van der Waals surface area contributed by atoms with Gasteiger partial charge in [0.25, 0.3) is 5.91 Å². The molecule has 0 aromatic heterocycles. The first kappa shape index (κ1) is 17.2. The minimum atomic E-state index is -0.229. The molecule has 3 nitrogen and oxygen atoms in total. The molecule has 4 heteroatoms. The van der Waals surface area contributed by atoms with E-state index < -0.39 is 0 Å². The Hall–Kier alpha value is -2.59. The van der Waals surface area contributed by atoms with E-state index in [0.717, 1.165) is 15.6 Å². The molecule has 0 saturated carbocycles. The number of hydrogen-bond acceptors (Lipinski definition) is 2. The van der Waals surface area contributed by atoms with Gasteiger partial charge in [-0.15, -0.1) is 0 Å². The molecule has 0 heterocycles. The third-order valence-corrected chi connectivity index (χ3v) is 4.65. The molecule has 0 aliphatic rings. The smallest absolute Gasteiger partial charge is 0.253 e. The largest absolute Gasteiger partial charge is 0.497 e. The third-order valence-electron chi connectivity index (χ3n) is 3.96. The molecule has 3 aromatic rings. The Kier molecular flexibility index (Phi) is 5.51. The lowest BCUT2D eigenvalue weighted by Crippen LogP contribution is -2.29. The summed E-state index contributed by atoms with van der Waals surface area (Å²) in [7, 11) is 1.58. The molecule has 126 valence electrons. The van der Waals surface area contributed by atoms with Crippen LogP contribution in [-0.4, -0.2) is 13.0 Å². The topological polar surface area (TPSA) is 38.3 Å². The highest BCUT2D eigenvalue weighted by Crippen LogP contribution is 2.26. The number of hydrogen-bond donors (Lipinski definition) is 1. The molecule has 0 radical (unpaired) electrons. The van der Waals surface area contributed by atoms with Crippen LogP contribution in [0.4, 0.5) is 0 Å². The van der Waals surface area contributed by atoms with E-state index in [-0.39, 0.29) is 11.9 Å². The zero-order chi connectivity index (χ0) is 17.6. The summed E-state index contributed by atoms with van der Waals surface area (Å²) < 4.78 is 5.96. The summed E-state index contributed by atoms with van der Waals surface area (Å²) in [5, 5.41) is 3.13. The molecule has 0 atom stereocenters. The number of methoxy groups -OCH3 is 1. The Labute approximate surface area is 155 Å². The Bertz CT molecular complexity index is 811. The monoisotopic (exact) mass is 395 g/mol. The summed E-state index contributed by atoms with van der Waals surface area (Å²) in [6.45, 7) is 0. The van der Waals surface area contributed by atoms with E-state index >= 15 is 0 Å². The number of ether oxygens (including phenoxy) is 1. The average molecular weight is 396 g/mol. The highest BCUT2D eigenvalue weighted by molar-refractivity contribution is 9.10. The standard InChI is InChI=1S/C21H18BrNO2/c1-25-17-12-13-19(22)18(14-17)21(24)23-20(15-8-4-2-5-9-15)16-10-6-3-7-11-16/h2-14,20H,1H3,(H,23,24). The van der Waals surface area contributed by atoms with E-state index in [1.807, 2.05) is 72.8 Å². The first-order valence-corrected chi connectivity index (χ1v) is 8.72. The maximum absolute atomic E-state index is 12.9. The number of benzene rings is 3. The normalized spacial score (nSPS) is 10.5. The van der Waals surface area contributed by atoms with E-state index in [2.05, 4.69) is 21.2 Å². The van der Waals surface area contributed by atoms with Crippen LogP contribution < -0.4 is 10.1 Å². The minimum Gasteiger partial charge on any atom is -0.497 e. The van der Waals surface area contributed by atoms with Gasteiger partial charge in [0.2, 0.25) is 0 Å². The maximum atomic E-state index is 12.9. The van der Waals surface area contributed by atoms with Crippen molar-refractivity contribution >= 4 is 21.8 Å². The van der Waals surface area contributed by atoms with Gasteiger partial charge in [-0.25, -0.2) is 0 Å². The van der Waals surface area contributed by atoms with Crippen molar-refractivity contribution in [1.82, 2.24) is 5.32 Å². The lowest BCUT2D eigenvalue weighted by molar-refractivity contribution is 0.0942. The van der Waals surface area contributed by atoms with Crippen LogP contribution in [0.3, 0.4) is 0 Å². The minimum absolute atomic E-state index is 0.163. The predicted octanol–water partition coefficient (Wildman–Crippen LogP) is 4.98. The fourth-order valence-electron chi connectivity index (χ4n) is 2.66. The number of halogens is 1. The van der Waals surface area contributed by atoms with Crippen LogP contribution in [0.15, 0.2) is 83.3 Å². The average Bonchev–Trinajstić information content (AvgIpc) is 2.67. The molecule has 0 spiro atoms. The molecule has 0 saturated heterocycles. The SMILES string of the molecule is COc1ccc(Br)c(C(=O)NC(c2ccccc2)c2ccccc2)c1. The number of carbonyl (C=O) groups excluding carboxylic acids is 1. The lowest BCUT2D eigenvalue weighted by Gasteiger charge is -2.20. The van der Waals surface area contributed by atoms with Gasteiger partial charge in [-0.1, -0.05) is 60.7 Å². The molecule has 0 aliphatic heterocycles. The fraction of sp³-hybridized carbons (Fsp3) is 0.0952. The first-order chi connectivity index (χ1) is 12.2. The van der Waals surface area contributed by atoms with Gasteiger partial charge in [-0.3, -0.25) is 4.79 Å². The molecule has 1 N–H and O–H groups in total. The van der Waals surface area contributed by atoms with Gasteiger partial charge in [0.15, 0.2) is 0 Å². The van der Waals surface area contributed by atoms with Crippen molar-refractivity contribution in [2.75, 3.05) is 7.11 Å². The predicted molar refractivity (Wildman–Crippen MR) is 103 cm³/mol.